The van der Waals surface area contributed by atoms with Gasteiger partial charge < -0.3 is 35.1 Å². The van der Waals surface area contributed by atoms with Gasteiger partial charge in [0.05, 0.1) is 17.5 Å². The fraction of sp³-hybridized carbons (Fsp3) is 0. The van der Waals surface area contributed by atoms with Crippen molar-refractivity contribution in [2.45, 2.75) is 0 Å². The molecule has 0 atom stereocenters. The first-order valence-electron chi connectivity index (χ1n) is 4.80. The quantitative estimate of drug-likeness (QED) is 0.412. The Kier molecular flexibility index (Phi) is 10.8. The predicted octanol–water partition coefficient (Wildman–Crippen LogP) is -9.09. The molecule has 0 radical (unpaired) electrons. The van der Waals surface area contributed by atoms with E-state index in [1.165, 1.54) is 0 Å². The first-order valence-corrected chi connectivity index (χ1v) is 4.80. The van der Waals surface area contributed by atoms with Gasteiger partial charge in [0.15, 0.2) is 11.4 Å². The molecule has 0 aliphatic heterocycles. The Hall–Kier alpha value is -0.227. The number of carbonyl (C=O) groups is 5. The zero-order valence-electron chi connectivity index (χ0n) is 11.6. The molecule has 0 aromatic carbocycles. The van der Waals surface area contributed by atoms with E-state index in [2.05, 4.69) is 4.98 Å². The van der Waals surface area contributed by atoms with Crippen molar-refractivity contribution in [2.24, 2.45) is 0 Å². The average Bonchev–Trinajstić information content (AvgIpc) is 2.34. The van der Waals surface area contributed by atoms with Crippen molar-refractivity contribution in [1.29, 1.82) is 0 Å². The Balaban J connectivity index is 0. The van der Waals surface area contributed by atoms with Gasteiger partial charge in [0, 0.05) is 11.1 Å². The van der Waals surface area contributed by atoms with Crippen LogP contribution >= 0.6 is 0 Å². The van der Waals surface area contributed by atoms with Crippen molar-refractivity contribution in [2.75, 3.05) is 0 Å². The van der Waals surface area contributed by atoms with Crippen LogP contribution in [-0.4, -0.2) is 50.2 Å². The van der Waals surface area contributed by atoms with Crippen LogP contribution in [0.25, 0.3) is 0 Å². The number of aromatic nitrogens is 1. The number of carboxylic acid groups (broad SMARTS) is 5. The molecular weight excluding hydrogens is 372 g/mol. The summed E-state index contributed by atoms with van der Waals surface area (Å²) in [5.41, 5.74) is -7.69. The third-order valence-electron chi connectivity index (χ3n) is 2.22. The van der Waals surface area contributed by atoms with E-state index in [1.807, 2.05) is 0 Å². The summed E-state index contributed by atoms with van der Waals surface area (Å²) in [5, 5.41) is 48.1. The number of rotatable bonds is 5. The molecule has 1 heterocycles. The van der Waals surface area contributed by atoms with E-state index in [9.17, 15) is 34.2 Å². The van der Waals surface area contributed by atoms with Gasteiger partial charge in [-0.3, -0.25) is 0 Å². The molecule has 0 aliphatic rings. The van der Waals surface area contributed by atoms with Crippen LogP contribution in [0.1, 0.15) is 52.1 Å². The van der Waals surface area contributed by atoms with Crippen LogP contribution in [0.2, 0.25) is 0 Å². The molecule has 0 bridgehead atoms. The summed E-state index contributed by atoms with van der Waals surface area (Å²) in [7, 11) is 0. The summed E-state index contributed by atoms with van der Waals surface area (Å²) in [6.07, 6.45) is 0. The van der Waals surface area contributed by atoms with Crippen molar-refractivity contribution in [3.05, 3.63) is 28.1 Å². The smallest absolute Gasteiger partial charge is 0.545 e. The zero-order valence-corrected chi connectivity index (χ0v) is 17.9. The van der Waals surface area contributed by atoms with Crippen molar-refractivity contribution < 1.29 is 152 Å². The number of nitrogens with zero attached hydrogens (tertiary/aromatic N) is 1. The summed E-state index contributed by atoms with van der Waals surface area (Å²) < 4.78 is 0. The SMILES string of the molecule is O=C(O)c1nc(C(=O)O)c(C(=O)[O-])c(C(=O)O)c1C(=O)[O-].[K+].[K+]. The summed E-state index contributed by atoms with van der Waals surface area (Å²) >= 11 is 0. The normalized spacial score (nSPS) is 9.04. The third-order valence-corrected chi connectivity index (χ3v) is 2.22. The minimum absolute atomic E-state index is 0. The van der Waals surface area contributed by atoms with Crippen LogP contribution in [0.5, 0.6) is 0 Å². The Morgan fingerprint density at radius 3 is 1.13 bits per heavy atom. The van der Waals surface area contributed by atoms with Gasteiger partial charge in [-0.1, -0.05) is 0 Å². The standard InChI is InChI=1S/C10H5NO10.2K/c12-6(13)1-2(7(14)15)4(9(18)19)11-5(10(20)21)3(1)8(16)17;;/h(H,12,13)(H,14,15)(H,16,17)(H,18,19)(H,20,21);;/q;2*+1/p-2. The van der Waals surface area contributed by atoms with Gasteiger partial charge in [-0.2, -0.15) is 0 Å². The van der Waals surface area contributed by atoms with Crippen molar-refractivity contribution in [3.63, 3.8) is 0 Å². The second-order valence-electron chi connectivity index (χ2n) is 3.42. The minimum Gasteiger partial charge on any atom is -0.545 e. The third kappa shape index (κ3) is 5.38. The number of aromatic carboxylic acids is 5. The Morgan fingerprint density at radius 1 is 0.652 bits per heavy atom. The van der Waals surface area contributed by atoms with Crippen molar-refractivity contribution in [1.82, 2.24) is 4.98 Å². The van der Waals surface area contributed by atoms with Gasteiger partial charge in [0.2, 0.25) is 0 Å². The summed E-state index contributed by atoms with van der Waals surface area (Å²) in [5.74, 6) is -11.1. The maximum absolute atomic E-state index is 11.0. The fourth-order valence-corrected chi connectivity index (χ4v) is 1.51. The van der Waals surface area contributed by atoms with Crippen molar-refractivity contribution >= 4 is 29.8 Å². The zero-order chi connectivity index (χ0) is 16.5. The van der Waals surface area contributed by atoms with Gasteiger partial charge in [0.1, 0.15) is 0 Å². The topological polar surface area (TPSA) is 205 Å². The summed E-state index contributed by atoms with van der Waals surface area (Å²) in [6.45, 7) is 0. The number of carboxylic acids is 5. The van der Waals surface area contributed by atoms with Gasteiger partial charge in [-0.05, 0) is 0 Å². The molecule has 0 saturated heterocycles. The Morgan fingerprint density at radius 2 is 0.957 bits per heavy atom. The fourth-order valence-electron chi connectivity index (χ4n) is 1.51. The monoisotopic (exact) mass is 375 g/mol. The van der Waals surface area contributed by atoms with Gasteiger partial charge in [0.25, 0.3) is 0 Å². The first-order chi connectivity index (χ1) is 9.59. The minimum atomic E-state index is -2.35. The largest absolute Gasteiger partial charge is 1.00 e. The van der Waals surface area contributed by atoms with E-state index in [-0.39, 0.29) is 103 Å². The Labute approximate surface area is 211 Å². The average molecular weight is 375 g/mol. The molecule has 0 saturated carbocycles. The van der Waals surface area contributed by atoms with Crippen LogP contribution in [0, 0.1) is 0 Å². The van der Waals surface area contributed by atoms with Gasteiger partial charge in [-0.25, -0.2) is 19.4 Å². The second kappa shape index (κ2) is 9.92. The molecule has 0 spiro atoms. The van der Waals surface area contributed by atoms with E-state index in [1.54, 1.807) is 0 Å². The van der Waals surface area contributed by atoms with Crippen LogP contribution in [0.15, 0.2) is 0 Å². The van der Waals surface area contributed by atoms with E-state index >= 15 is 0 Å². The molecule has 110 valence electrons. The number of pyridine rings is 1. The molecule has 0 aliphatic carbocycles. The van der Waals surface area contributed by atoms with Crippen LogP contribution < -0.4 is 113 Å². The van der Waals surface area contributed by atoms with E-state index in [0.29, 0.717) is 0 Å². The van der Waals surface area contributed by atoms with Crippen molar-refractivity contribution in [3.8, 4) is 0 Å². The van der Waals surface area contributed by atoms with E-state index < -0.39 is 57.9 Å². The molecular formula is C10H3K2NO10. The van der Waals surface area contributed by atoms with Crippen LogP contribution in [-0.2, 0) is 0 Å². The maximum Gasteiger partial charge on any atom is 1.00 e. The molecule has 1 aromatic rings. The maximum atomic E-state index is 11.0. The second-order valence-corrected chi connectivity index (χ2v) is 3.42. The number of hydrogen-bond donors (Lipinski definition) is 3. The molecule has 3 N–H and O–H groups in total. The predicted molar refractivity (Wildman–Crippen MR) is 53.8 cm³/mol. The van der Waals surface area contributed by atoms with E-state index in [4.69, 9.17) is 15.3 Å². The molecule has 23 heavy (non-hydrogen) atoms. The first kappa shape index (κ1) is 25.0. The molecule has 13 heteroatoms. The van der Waals surface area contributed by atoms with Gasteiger partial charge in [-0.15, -0.1) is 0 Å². The van der Waals surface area contributed by atoms with Gasteiger partial charge >= 0.3 is 121 Å². The summed E-state index contributed by atoms with van der Waals surface area (Å²) in [4.78, 5) is 57.3. The molecule has 0 amide bonds. The Bertz CT molecular complexity index is 664. The molecule has 1 rings (SSSR count). The molecule has 0 unspecified atom stereocenters. The molecule has 11 nitrogen and oxygen atoms in total. The molecule has 0 fully saturated rings. The van der Waals surface area contributed by atoms with Crippen LogP contribution in [0.4, 0.5) is 0 Å². The number of hydrogen-bond acceptors (Lipinski definition) is 8. The van der Waals surface area contributed by atoms with E-state index in [0.717, 1.165) is 0 Å². The number of carbonyl (C=O) groups excluding carboxylic acids is 2. The molecule has 1 aromatic heterocycles. The summed E-state index contributed by atoms with van der Waals surface area (Å²) in [6, 6.07) is 0. The van der Waals surface area contributed by atoms with Crippen LogP contribution in [0.3, 0.4) is 0 Å².